The second kappa shape index (κ2) is 7.41. The van der Waals surface area contributed by atoms with E-state index in [1.165, 1.54) is 0 Å². The summed E-state index contributed by atoms with van der Waals surface area (Å²) in [5, 5.41) is 17.2. The van der Waals surface area contributed by atoms with Crippen LogP contribution in [0.2, 0.25) is 0 Å². The summed E-state index contributed by atoms with van der Waals surface area (Å²) in [6.07, 6.45) is -1.41. The monoisotopic (exact) mass is 232 g/mol. The summed E-state index contributed by atoms with van der Waals surface area (Å²) < 4.78 is 8.72. The fourth-order valence-corrected chi connectivity index (χ4v) is 0.662. The van der Waals surface area contributed by atoms with E-state index >= 15 is 0 Å². The average molecular weight is 232 g/mol. The molecular weight excluding hydrogens is 220 g/mol. The minimum atomic E-state index is -1.58. The van der Waals surface area contributed by atoms with E-state index in [-0.39, 0.29) is 12.8 Å². The minimum absolute atomic E-state index is 0.308. The van der Waals surface area contributed by atoms with Gasteiger partial charge >= 0.3 is 17.9 Å². The largest absolute Gasteiger partial charge is 0.481 e. The van der Waals surface area contributed by atoms with E-state index in [1.54, 1.807) is 0 Å². The van der Waals surface area contributed by atoms with Gasteiger partial charge in [0.05, 0.1) is 12.8 Å². The molecule has 0 fully saturated rings. The van der Waals surface area contributed by atoms with Crippen molar-refractivity contribution < 1.29 is 34.1 Å². The van der Waals surface area contributed by atoms with Gasteiger partial charge in [-0.3, -0.25) is 9.59 Å². The van der Waals surface area contributed by atoms with Gasteiger partial charge in [-0.15, -0.1) is 0 Å². The predicted octanol–water partition coefficient (Wildman–Crippen LogP) is -0.558. The zero-order valence-electron chi connectivity index (χ0n) is 8.42. The molecular formula is C9H12O7. The lowest BCUT2D eigenvalue weighted by atomic mass is 10.3. The summed E-state index contributed by atoms with van der Waals surface area (Å²) in [4.78, 5) is 31.5. The standard InChI is InChI=1S/C9H12O7/c1-2-7(12)16-9(14)5-15-8(13)4-3-6(10)11/h2,9,14H,1,3-5H2,(H,10,11). The maximum absolute atomic E-state index is 10.8. The molecule has 0 heterocycles. The fraction of sp³-hybridized carbons (Fsp3) is 0.444. The van der Waals surface area contributed by atoms with E-state index in [0.717, 1.165) is 6.08 Å². The van der Waals surface area contributed by atoms with Crippen molar-refractivity contribution in [2.24, 2.45) is 0 Å². The molecule has 0 aliphatic carbocycles. The summed E-state index contributed by atoms with van der Waals surface area (Å²) in [5.41, 5.74) is 0. The van der Waals surface area contributed by atoms with Crippen molar-refractivity contribution in [2.45, 2.75) is 19.1 Å². The quantitative estimate of drug-likeness (QED) is 0.344. The highest BCUT2D eigenvalue weighted by atomic mass is 16.7. The van der Waals surface area contributed by atoms with Crippen LogP contribution in [0.15, 0.2) is 12.7 Å². The third kappa shape index (κ3) is 7.51. The van der Waals surface area contributed by atoms with Crippen molar-refractivity contribution in [3.63, 3.8) is 0 Å². The first kappa shape index (κ1) is 14.1. The molecule has 2 N–H and O–H groups in total. The lowest BCUT2D eigenvalue weighted by molar-refractivity contribution is -0.177. The third-order valence-corrected chi connectivity index (χ3v) is 1.35. The molecule has 16 heavy (non-hydrogen) atoms. The van der Waals surface area contributed by atoms with Gasteiger partial charge in [-0.2, -0.15) is 0 Å². The van der Waals surface area contributed by atoms with Crippen molar-refractivity contribution in [1.29, 1.82) is 0 Å². The summed E-state index contributed by atoms with van der Waals surface area (Å²) in [6.45, 7) is 2.56. The van der Waals surface area contributed by atoms with Crippen molar-refractivity contribution >= 4 is 17.9 Å². The van der Waals surface area contributed by atoms with Crippen LogP contribution in [0.25, 0.3) is 0 Å². The summed E-state index contributed by atoms with van der Waals surface area (Å²) >= 11 is 0. The molecule has 7 nitrogen and oxygen atoms in total. The van der Waals surface area contributed by atoms with Crippen LogP contribution in [-0.4, -0.2) is 41.0 Å². The molecule has 0 radical (unpaired) electrons. The Hall–Kier alpha value is -1.89. The van der Waals surface area contributed by atoms with Gasteiger partial charge in [0.2, 0.25) is 6.29 Å². The van der Waals surface area contributed by atoms with Gasteiger partial charge in [0.15, 0.2) is 6.61 Å². The molecule has 0 aromatic heterocycles. The van der Waals surface area contributed by atoms with E-state index in [9.17, 15) is 14.4 Å². The first-order valence-corrected chi connectivity index (χ1v) is 4.34. The van der Waals surface area contributed by atoms with Crippen molar-refractivity contribution in [3.05, 3.63) is 12.7 Å². The van der Waals surface area contributed by atoms with Crippen LogP contribution >= 0.6 is 0 Å². The number of aliphatic hydroxyl groups excluding tert-OH is 1. The highest BCUT2D eigenvalue weighted by molar-refractivity contribution is 5.81. The van der Waals surface area contributed by atoms with Crippen LogP contribution in [-0.2, 0) is 23.9 Å². The number of carbonyl (C=O) groups excluding carboxylic acids is 2. The van der Waals surface area contributed by atoms with Crippen LogP contribution in [0.3, 0.4) is 0 Å². The number of ether oxygens (including phenoxy) is 2. The number of aliphatic carboxylic acids is 1. The first-order chi connectivity index (χ1) is 7.45. The molecule has 0 amide bonds. The Morgan fingerprint density at radius 1 is 1.31 bits per heavy atom. The zero-order chi connectivity index (χ0) is 12.6. The van der Waals surface area contributed by atoms with Gasteiger partial charge in [-0.05, 0) is 0 Å². The normalized spacial score (nSPS) is 11.3. The van der Waals surface area contributed by atoms with Crippen LogP contribution in [0.1, 0.15) is 12.8 Å². The topological polar surface area (TPSA) is 110 Å². The van der Waals surface area contributed by atoms with E-state index in [2.05, 4.69) is 16.1 Å². The molecule has 0 saturated heterocycles. The number of carboxylic acid groups (broad SMARTS) is 1. The van der Waals surface area contributed by atoms with E-state index in [4.69, 9.17) is 10.2 Å². The van der Waals surface area contributed by atoms with Crippen LogP contribution in [0, 0.1) is 0 Å². The number of carboxylic acids is 1. The zero-order valence-corrected chi connectivity index (χ0v) is 8.42. The van der Waals surface area contributed by atoms with Crippen LogP contribution in [0.4, 0.5) is 0 Å². The lowest BCUT2D eigenvalue weighted by Gasteiger charge is -2.10. The van der Waals surface area contributed by atoms with Crippen molar-refractivity contribution in [1.82, 2.24) is 0 Å². The number of hydrogen-bond acceptors (Lipinski definition) is 6. The summed E-state index contributed by atoms with van der Waals surface area (Å²) in [5.74, 6) is -2.78. The molecule has 0 saturated carbocycles. The molecule has 0 spiro atoms. The molecule has 1 atom stereocenters. The third-order valence-electron chi connectivity index (χ3n) is 1.35. The predicted molar refractivity (Wildman–Crippen MR) is 50.1 cm³/mol. The van der Waals surface area contributed by atoms with Crippen molar-refractivity contribution in [2.75, 3.05) is 6.61 Å². The average Bonchev–Trinajstić information content (AvgIpc) is 2.23. The van der Waals surface area contributed by atoms with E-state index in [0.29, 0.717) is 0 Å². The van der Waals surface area contributed by atoms with Gasteiger partial charge in [-0.25, -0.2) is 4.79 Å². The number of carbonyl (C=O) groups is 3. The Balaban J connectivity index is 3.70. The number of esters is 2. The SMILES string of the molecule is C=CC(=O)OC(O)COC(=O)CCC(=O)O. The molecule has 1 unspecified atom stereocenters. The molecule has 0 aromatic rings. The lowest BCUT2D eigenvalue weighted by Crippen LogP contribution is -2.24. The second-order valence-electron chi connectivity index (χ2n) is 2.67. The molecule has 0 aliphatic heterocycles. The Labute approximate surface area is 91.3 Å². The Bertz CT molecular complexity index is 284. The number of hydrogen-bond donors (Lipinski definition) is 2. The highest BCUT2D eigenvalue weighted by Gasteiger charge is 2.12. The molecule has 0 aliphatic rings. The van der Waals surface area contributed by atoms with Crippen LogP contribution < -0.4 is 0 Å². The minimum Gasteiger partial charge on any atom is -0.481 e. The molecule has 0 aromatic carbocycles. The van der Waals surface area contributed by atoms with Gasteiger partial charge < -0.3 is 19.7 Å². The van der Waals surface area contributed by atoms with Crippen LogP contribution in [0.5, 0.6) is 0 Å². The fourth-order valence-electron chi connectivity index (χ4n) is 0.662. The van der Waals surface area contributed by atoms with E-state index < -0.39 is 30.8 Å². The Morgan fingerprint density at radius 3 is 2.44 bits per heavy atom. The van der Waals surface area contributed by atoms with Gasteiger partial charge in [0.1, 0.15) is 0 Å². The van der Waals surface area contributed by atoms with Gasteiger partial charge in [0.25, 0.3) is 0 Å². The van der Waals surface area contributed by atoms with E-state index in [1.807, 2.05) is 0 Å². The smallest absolute Gasteiger partial charge is 0.332 e. The maximum atomic E-state index is 10.8. The van der Waals surface area contributed by atoms with Gasteiger partial charge in [-0.1, -0.05) is 6.58 Å². The first-order valence-electron chi connectivity index (χ1n) is 4.34. The Kier molecular flexibility index (Phi) is 6.53. The van der Waals surface area contributed by atoms with Gasteiger partial charge in [0, 0.05) is 6.08 Å². The summed E-state index contributed by atoms with van der Waals surface area (Å²) in [7, 11) is 0. The number of aliphatic hydroxyl groups is 1. The second-order valence-corrected chi connectivity index (χ2v) is 2.67. The molecule has 90 valence electrons. The maximum Gasteiger partial charge on any atom is 0.332 e. The molecule has 0 rings (SSSR count). The highest BCUT2D eigenvalue weighted by Crippen LogP contribution is 1.96. The molecule has 7 heteroatoms. The summed E-state index contributed by atoms with van der Waals surface area (Å²) in [6, 6.07) is 0. The number of rotatable bonds is 7. The molecule has 0 bridgehead atoms. The van der Waals surface area contributed by atoms with Crippen molar-refractivity contribution in [3.8, 4) is 0 Å². The Morgan fingerprint density at radius 2 is 1.94 bits per heavy atom.